The van der Waals surface area contributed by atoms with Gasteiger partial charge in [0.25, 0.3) is 0 Å². The van der Waals surface area contributed by atoms with Gasteiger partial charge in [0, 0.05) is 11.6 Å². The molecule has 1 heterocycles. The van der Waals surface area contributed by atoms with E-state index in [4.69, 9.17) is 10.5 Å². The third-order valence-electron chi connectivity index (χ3n) is 2.27. The topological polar surface area (TPSA) is 48.1 Å². The summed E-state index contributed by atoms with van der Waals surface area (Å²) in [6.45, 7) is 4.50. The average molecular weight is 234 g/mol. The van der Waals surface area contributed by atoms with E-state index in [1.807, 2.05) is 25.3 Å². The predicted molar refractivity (Wildman–Crippen MR) is 66.8 cm³/mol. The van der Waals surface area contributed by atoms with E-state index < -0.39 is 0 Å². The van der Waals surface area contributed by atoms with Crippen molar-refractivity contribution in [2.24, 2.45) is 0 Å². The number of thiazole rings is 1. The molecule has 0 amide bonds. The Bertz CT molecular complexity index is 457. The molecule has 0 unspecified atom stereocenters. The summed E-state index contributed by atoms with van der Waals surface area (Å²) in [6, 6.07) is 3.98. The Morgan fingerprint density at radius 3 is 2.81 bits per heavy atom. The van der Waals surface area contributed by atoms with E-state index in [9.17, 15) is 0 Å². The van der Waals surface area contributed by atoms with Crippen LogP contribution in [0.2, 0.25) is 0 Å². The summed E-state index contributed by atoms with van der Waals surface area (Å²) in [6.07, 6.45) is 1.77. The second-order valence-corrected chi connectivity index (χ2v) is 4.69. The molecule has 1 aromatic carbocycles. The normalized spacial score (nSPS) is 10.4. The molecule has 16 heavy (non-hydrogen) atoms. The zero-order valence-corrected chi connectivity index (χ0v) is 10.2. The van der Waals surface area contributed by atoms with Crippen LogP contribution < -0.4 is 10.5 Å². The highest BCUT2D eigenvalue weighted by Crippen LogP contribution is 2.28. The molecule has 2 aromatic rings. The van der Waals surface area contributed by atoms with Crippen molar-refractivity contribution in [2.75, 3.05) is 5.73 Å². The summed E-state index contributed by atoms with van der Waals surface area (Å²) in [7, 11) is 0. The summed E-state index contributed by atoms with van der Waals surface area (Å²) in [4.78, 5) is 4.16. The molecule has 4 heteroatoms. The van der Waals surface area contributed by atoms with E-state index in [0.717, 1.165) is 21.9 Å². The summed E-state index contributed by atoms with van der Waals surface area (Å²) in [5.74, 6) is 0.765. The maximum absolute atomic E-state index is 5.92. The predicted octanol–water partition coefficient (Wildman–Crippen LogP) is 2.92. The average Bonchev–Trinajstić information content (AvgIpc) is 2.68. The van der Waals surface area contributed by atoms with Crippen LogP contribution in [0.1, 0.15) is 16.1 Å². The smallest absolute Gasteiger partial charge is 0.145 e. The van der Waals surface area contributed by atoms with E-state index in [2.05, 4.69) is 11.1 Å². The first-order chi connectivity index (χ1) is 7.66. The summed E-state index contributed by atoms with van der Waals surface area (Å²) < 4.78 is 5.69. The van der Waals surface area contributed by atoms with Crippen LogP contribution in [0.4, 0.5) is 5.69 Å². The molecule has 84 valence electrons. The molecular weight excluding hydrogens is 220 g/mol. The molecule has 0 saturated heterocycles. The Morgan fingerprint density at radius 1 is 1.38 bits per heavy atom. The minimum atomic E-state index is 0.478. The molecule has 0 aliphatic heterocycles. The van der Waals surface area contributed by atoms with Crippen LogP contribution in [0.15, 0.2) is 23.7 Å². The fourth-order valence-electron chi connectivity index (χ4n) is 1.64. The molecule has 0 atom stereocenters. The van der Waals surface area contributed by atoms with Gasteiger partial charge in [-0.3, -0.25) is 0 Å². The highest BCUT2D eigenvalue weighted by atomic mass is 32.1. The van der Waals surface area contributed by atoms with Gasteiger partial charge in [-0.25, -0.2) is 4.98 Å². The standard InChI is InChI=1S/C12H14N2OS/c1-8-5-9(2)12(10(13)6-8)15-7-11-14-3-4-16-11/h3-6H,7,13H2,1-2H3. The molecule has 2 rings (SSSR count). The molecule has 2 N–H and O–H groups in total. The molecule has 1 aromatic heterocycles. The first-order valence-corrected chi connectivity index (χ1v) is 5.92. The highest BCUT2D eigenvalue weighted by molar-refractivity contribution is 7.09. The minimum absolute atomic E-state index is 0.478. The lowest BCUT2D eigenvalue weighted by Crippen LogP contribution is -2.00. The van der Waals surface area contributed by atoms with Gasteiger partial charge in [0.2, 0.25) is 0 Å². The number of benzene rings is 1. The first kappa shape index (κ1) is 11.0. The number of nitrogen functional groups attached to an aromatic ring is 1. The zero-order chi connectivity index (χ0) is 11.5. The fourth-order valence-corrected chi connectivity index (χ4v) is 2.17. The quantitative estimate of drug-likeness (QED) is 0.831. The van der Waals surface area contributed by atoms with Crippen LogP contribution in [0.5, 0.6) is 5.75 Å². The fraction of sp³-hybridized carbons (Fsp3) is 0.250. The van der Waals surface area contributed by atoms with Gasteiger partial charge in [-0.2, -0.15) is 0 Å². The van der Waals surface area contributed by atoms with E-state index in [1.165, 1.54) is 0 Å². The number of aromatic nitrogens is 1. The first-order valence-electron chi connectivity index (χ1n) is 5.04. The number of aryl methyl sites for hydroxylation is 2. The second kappa shape index (κ2) is 4.53. The van der Waals surface area contributed by atoms with Gasteiger partial charge >= 0.3 is 0 Å². The summed E-state index contributed by atoms with van der Waals surface area (Å²) in [5.41, 5.74) is 8.82. The molecule has 0 saturated carbocycles. The number of hydrogen-bond donors (Lipinski definition) is 1. The van der Waals surface area contributed by atoms with Crippen LogP contribution >= 0.6 is 11.3 Å². The Balaban J connectivity index is 2.15. The Hall–Kier alpha value is -1.55. The molecule has 0 aliphatic rings. The lowest BCUT2D eigenvalue weighted by Gasteiger charge is -2.11. The highest BCUT2D eigenvalue weighted by Gasteiger charge is 2.06. The van der Waals surface area contributed by atoms with Crippen LogP contribution in [-0.4, -0.2) is 4.98 Å². The molecule has 0 aliphatic carbocycles. The number of rotatable bonds is 3. The lowest BCUT2D eigenvalue weighted by atomic mass is 10.1. The van der Waals surface area contributed by atoms with Crippen LogP contribution in [0.25, 0.3) is 0 Å². The van der Waals surface area contributed by atoms with Gasteiger partial charge in [-0.15, -0.1) is 11.3 Å². The summed E-state index contributed by atoms with van der Waals surface area (Å²) >= 11 is 1.58. The maximum atomic E-state index is 5.92. The van der Waals surface area contributed by atoms with Crippen molar-refractivity contribution in [3.8, 4) is 5.75 Å². The SMILES string of the molecule is Cc1cc(C)c(OCc2nccs2)c(N)c1. The van der Waals surface area contributed by atoms with Crippen molar-refractivity contribution >= 4 is 17.0 Å². The monoisotopic (exact) mass is 234 g/mol. The number of hydrogen-bond acceptors (Lipinski definition) is 4. The van der Waals surface area contributed by atoms with E-state index in [0.29, 0.717) is 12.3 Å². The van der Waals surface area contributed by atoms with Crippen LogP contribution in [0.3, 0.4) is 0 Å². The third kappa shape index (κ3) is 2.33. The number of anilines is 1. The van der Waals surface area contributed by atoms with E-state index >= 15 is 0 Å². The Labute approximate surface area is 98.9 Å². The van der Waals surface area contributed by atoms with Gasteiger partial charge in [-0.1, -0.05) is 6.07 Å². The molecule has 0 spiro atoms. The van der Waals surface area contributed by atoms with Crippen molar-refractivity contribution in [2.45, 2.75) is 20.5 Å². The maximum Gasteiger partial charge on any atom is 0.145 e. The Kier molecular flexibility index (Phi) is 3.10. The van der Waals surface area contributed by atoms with Crippen molar-refractivity contribution in [3.05, 3.63) is 39.8 Å². The van der Waals surface area contributed by atoms with Crippen molar-refractivity contribution in [1.82, 2.24) is 4.98 Å². The van der Waals surface area contributed by atoms with Gasteiger partial charge in [0.05, 0.1) is 5.69 Å². The number of nitrogens with two attached hydrogens (primary N) is 1. The van der Waals surface area contributed by atoms with Gasteiger partial charge < -0.3 is 10.5 Å². The van der Waals surface area contributed by atoms with Crippen molar-refractivity contribution < 1.29 is 4.74 Å². The molecular formula is C12H14N2OS. The second-order valence-electron chi connectivity index (χ2n) is 3.71. The molecule has 0 bridgehead atoms. The van der Waals surface area contributed by atoms with Crippen LogP contribution in [0, 0.1) is 13.8 Å². The van der Waals surface area contributed by atoms with Gasteiger partial charge in [-0.05, 0) is 31.0 Å². The van der Waals surface area contributed by atoms with E-state index in [-0.39, 0.29) is 0 Å². The largest absolute Gasteiger partial charge is 0.484 e. The number of nitrogens with zero attached hydrogens (tertiary/aromatic N) is 1. The van der Waals surface area contributed by atoms with Crippen molar-refractivity contribution in [1.29, 1.82) is 0 Å². The molecule has 0 radical (unpaired) electrons. The molecule has 3 nitrogen and oxygen atoms in total. The lowest BCUT2D eigenvalue weighted by molar-refractivity contribution is 0.305. The molecule has 0 fully saturated rings. The Morgan fingerprint density at radius 2 is 2.19 bits per heavy atom. The van der Waals surface area contributed by atoms with Crippen molar-refractivity contribution in [3.63, 3.8) is 0 Å². The zero-order valence-electron chi connectivity index (χ0n) is 9.36. The van der Waals surface area contributed by atoms with Crippen LogP contribution in [-0.2, 0) is 6.61 Å². The number of ether oxygens (including phenoxy) is 1. The van der Waals surface area contributed by atoms with Gasteiger partial charge in [0.15, 0.2) is 0 Å². The van der Waals surface area contributed by atoms with Gasteiger partial charge in [0.1, 0.15) is 17.4 Å². The summed E-state index contributed by atoms with van der Waals surface area (Å²) in [5, 5.41) is 2.89. The third-order valence-corrected chi connectivity index (χ3v) is 3.02. The minimum Gasteiger partial charge on any atom is -0.484 e. The van der Waals surface area contributed by atoms with E-state index in [1.54, 1.807) is 17.5 Å².